The predicted molar refractivity (Wildman–Crippen MR) is 91.4 cm³/mol. The summed E-state index contributed by atoms with van der Waals surface area (Å²) < 4.78 is 0.0941. The Labute approximate surface area is 140 Å². The number of alkyl halides is 1. The summed E-state index contributed by atoms with van der Waals surface area (Å²) in [4.78, 5) is 12.7. The molecule has 4 fully saturated rings. The first-order valence-corrected chi connectivity index (χ1v) is 9.41. The molecule has 3 heteroatoms. The molecular weight excluding hydrogens is 375 g/mol. The SMILES string of the molecule is C=C1[C@]2(C)CC[C@@]3(I)C4C(=O)CC[C@@]4(CC[C@H]3C)C[C@@]12O. The van der Waals surface area contributed by atoms with E-state index in [2.05, 4.69) is 43.0 Å². The van der Waals surface area contributed by atoms with Gasteiger partial charge in [0.1, 0.15) is 5.78 Å². The highest BCUT2D eigenvalue weighted by Crippen LogP contribution is 2.75. The third-order valence-corrected chi connectivity index (χ3v) is 10.0. The van der Waals surface area contributed by atoms with Gasteiger partial charge in [-0.2, -0.15) is 0 Å². The highest BCUT2D eigenvalue weighted by molar-refractivity contribution is 14.1. The van der Waals surface area contributed by atoms with E-state index in [0.717, 1.165) is 44.1 Å². The fourth-order valence-corrected chi connectivity index (χ4v) is 7.67. The van der Waals surface area contributed by atoms with Crippen LogP contribution in [0.25, 0.3) is 0 Å². The molecule has 0 radical (unpaired) electrons. The molecule has 4 aliphatic rings. The van der Waals surface area contributed by atoms with Crippen molar-refractivity contribution in [3.8, 4) is 0 Å². The summed E-state index contributed by atoms with van der Waals surface area (Å²) in [6, 6.07) is 0. The topological polar surface area (TPSA) is 37.3 Å². The van der Waals surface area contributed by atoms with Crippen LogP contribution in [0.5, 0.6) is 0 Å². The minimum Gasteiger partial charge on any atom is -0.385 e. The van der Waals surface area contributed by atoms with Crippen LogP contribution in [0.4, 0.5) is 0 Å². The van der Waals surface area contributed by atoms with E-state index in [1.54, 1.807) is 0 Å². The first-order chi connectivity index (χ1) is 9.70. The van der Waals surface area contributed by atoms with Crippen molar-refractivity contribution in [3.05, 3.63) is 12.2 Å². The zero-order chi connectivity index (χ0) is 15.3. The molecule has 0 aliphatic heterocycles. The van der Waals surface area contributed by atoms with Crippen LogP contribution >= 0.6 is 22.6 Å². The predicted octanol–water partition coefficient (Wildman–Crippen LogP) is 4.05. The van der Waals surface area contributed by atoms with Gasteiger partial charge >= 0.3 is 0 Å². The Morgan fingerprint density at radius 1 is 1.29 bits per heavy atom. The average Bonchev–Trinajstić information content (AvgIpc) is 2.72. The Morgan fingerprint density at radius 2 is 2.00 bits per heavy atom. The molecule has 0 aromatic carbocycles. The number of ketones is 1. The van der Waals surface area contributed by atoms with Gasteiger partial charge in [-0.1, -0.05) is 43.0 Å². The van der Waals surface area contributed by atoms with Crippen LogP contribution in [0.15, 0.2) is 12.2 Å². The van der Waals surface area contributed by atoms with Gasteiger partial charge in [-0.25, -0.2) is 0 Å². The number of halogens is 1. The van der Waals surface area contributed by atoms with Gasteiger partial charge in [0, 0.05) is 21.2 Å². The number of fused-ring (bicyclic) bond motifs is 1. The first-order valence-electron chi connectivity index (χ1n) is 8.34. The second-order valence-electron chi connectivity index (χ2n) is 8.48. The molecule has 4 aliphatic carbocycles. The lowest BCUT2D eigenvalue weighted by molar-refractivity contribution is -0.128. The summed E-state index contributed by atoms with van der Waals surface area (Å²) in [5.74, 6) is 1.23. The van der Waals surface area contributed by atoms with Crippen LogP contribution in [0.1, 0.15) is 58.8 Å². The molecule has 0 amide bonds. The first kappa shape index (κ1) is 14.7. The Bertz CT molecular complexity index is 557. The van der Waals surface area contributed by atoms with Crippen LogP contribution < -0.4 is 0 Å². The summed E-state index contributed by atoms with van der Waals surface area (Å²) in [5, 5.41) is 11.2. The molecule has 2 nitrogen and oxygen atoms in total. The second-order valence-corrected chi connectivity index (χ2v) is 10.5. The smallest absolute Gasteiger partial charge is 0.137 e. The van der Waals surface area contributed by atoms with E-state index >= 15 is 0 Å². The maximum atomic E-state index is 12.7. The maximum Gasteiger partial charge on any atom is 0.137 e. The van der Waals surface area contributed by atoms with E-state index in [1.807, 2.05) is 0 Å². The van der Waals surface area contributed by atoms with Crippen LogP contribution in [0.3, 0.4) is 0 Å². The molecule has 0 heterocycles. The zero-order valence-corrected chi connectivity index (χ0v) is 15.2. The van der Waals surface area contributed by atoms with Gasteiger partial charge in [0.15, 0.2) is 0 Å². The summed E-state index contributed by atoms with van der Waals surface area (Å²) in [6.07, 6.45) is 6.83. The van der Waals surface area contributed by atoms with Gasteiger partial charge in [0.25, 0.3) is 0 Å². The van der Waals surface area contributed by atoms with Crippen molar-refractivity contribution in [1.29, 1.82) is 0 Å². The zero-order valence-electron chi connectivity index (χ0n) is 13.0. The molecule has 1 unspecified atom stereocenters. The molecular formula is C18H25IO2. The van der Waals surface area contributed by atoms with E-state index in [1.165, 1.54) is 6.42 Å². The fraction of sp³-hybridized carbons (Fsp3) is 0.833. The molecule has 116 valence electrons. The van der Waals surface area contributed by atoms with E-state index < -0.39 is 5.60 Å². The quantitative estimate of drug-likeness (QED) is 0.379. The van der Waals surface area contributed by atoms with Crippen molar-refractivity contribution in [1.82, 2.24) is 0 Å². The number of carbonyl (C=O) groups excluding carboxylic acids is 1. The van der Waals surface area contributed by atoms with Crippen LogP contribution in [-0.2, 0) is 4.79 Å². The molecule has 21 heavy (non-hydrogen) atoms. The monoisotopic (exact) mass is 400 g/mol. The number of aliphatic hydroxyl groups is 1. The normalized spacial score (nSPS) is 59.0. The Kier molecular flexibility index (Phi) is 2.76. The van der Waals surface area contributed by atoms with E-state index in [4.69, 9.17) is 0 Å². The number of carbonyl (C=O) groups is 1. The third-order valence-electron chi connectivity index (χ3n) is 7.81. The van der Waals surface area contributed by atoms with Gasteiger partial charge in [-0.15, -0.1) is 0 Å². The average molecular weight is 400 g/mol. The molecule has 0 aromatic rings. The lowest BCUT2D eigenvalue weighted by Crippen LogP contribution is -2.54. The Balaban J connectivity index is 1.85. The maximum absolute atomic E-state index is 12.7. The van der Waals surface area contributed by atoms with Gasteiger partial charge in [0.05, 0.1) is 5.60 Å². The number of hydrogen-bond donors (Lipinski definition) is 1. The Morgan fingerprint density at radius 3 is 2.71 bits per heavy atom. The van der Waals surface area contributed by atoms with E-state index in [-0.39, 0.29) is 20.2 Å². The van der Waals surface area contributed by atoms with Crippen molar-refractivity contribution in [2.45, 2.75) is 67.8 Å². The lowest BCUT2D eigenvalue weighted by atomic mass is 9.55. The number of rotatable bonds is 0. The highest BCUT2D eigenvalue weighted by Gasteiger charge is 2.74. The molecule has 4 saturated carbocycles. The number of Topliss-reactive ketones (excluding diaryl/α,β-unsaturated/α-hetero) is 1. The van der Waals surface area contributed by atoms with Crippen molar-refractivity contribution in [2.24, 2.45) is 22.7 Å². The highest BCUT2D eigenvalue weighted by atomic mass is 127. The summed E-state index contributed by atoms with van der Waals surface area (Å²) >= 11 is 2.63. The Hall–Kier alpha value is 0.1000. The van der Waals surface area contributed by atoms with Crippen molar-refractivity contribution < 1.29 is 9.90 Å². The van der Waals surface area contributed by atoms with Crippen molar-refractivity contribution in [2.75, 3.05) is 0 Å². The minimum absolute atomic E-state index is 0.0423. The molecule has 0 saturated heterocycles. The van der Waals surface area contributed by atoms with E-state index in [0.29, 0.717) is 11.7 Å². The molecule has 2 bridgehead atoms. The van der Waals surface area contributed by atoms with E-state index in [9.17, 15) is 9.90 Å². The lowest BCUT2D eigenvalue weighted by Gasteiger charge is -2.54. The molecule has 0 aromatic heterocycles. The van der Waals surface area contributed by atoms with Gasteiger partial charge < -0.3 is 5.11 Å². The summed E-state index contributed by atoms with van der Waals surface area (Å²) in [6.45, 7) is 8.70. The molecule has 6 atom stereocenters. The standard InChI is InChI=1S/C18H25IO2/c1-11-4-6-16-7-5-13(20)14(16)17(11,19)9-8-15(3)12(2)18(15,21)10-16/h11,14,21H,2,4-10H2,1,3H3/t11-,14?,15+,16+,17+,18-/m1/s1. The van der Waals surface area contributed by atoms with Crippen molar-refractivity contribution in [3.63, 3.8) is 0 Å². The summed E-state index contributed by atoms with van der Waals surface area (Å²) in [5.41, 5.74) is 0.266. The minimum atomic E-state index is -0.700. The van der Waals surface area contributed by atoms with Gasteiger partial charge in [-0.05, 0) is 55.4 Å². The third kappa shape index (κ3) is 1.51. The van der Waals surface area contributed by atoms with Gasteiger partial charge in [0.2, 0.25) is 0 Å². The fourth-order valence-electron chi connectivity index (χ4n) is 6.08. The van der Waals surface area contributed by atoms with Crippen LogP contribution in [0.2, 0.25) is 0 Å². The second kappa shape index (κ2) is 3.95. The summed E-state index contributed by atoms with van der Waals surface area (Å²) in [7, 11) is 0. The molecule has 0 spiro atoms. The number of hydrogen-bond acceptors (Lipinski definition) is 2. The van der Waals surface area contributed by atoms with Crippen molar-refractivity contribution >= 4 is 28.4 Å². The largest absolute Gasteiger partial charge is 0.385 e. The van der Waals surface area contributed by atoms with Crippen LogP contribution in [0, 0.1) is 22.7 Å². The van der Waals surface area contributed by atoms with Gasteiger partial charge in [-0.3, -0.25) is 4.79 Å². The van der Waals surface area contributed by atoms with Crippen LogP contribution in [-0.4, -0.2) is 19.9 Å². The molecule has 1 N–H and O–H groups in total. The molecule has 4 rings (SSSR count).